The lowest BCUT2D eigenvalue weighted by Crippen LogP contribution is -2.01. The van der Waals surface area contributed by atoms with Crippen LogP contribution in [0.4, 0.5) is 18.4 Å². The molecule has 3 nitrogen and oxygen atoms in total. The molecule has 0 aromatic heterocycles. The third kappa shape index (κ3) is 1.92. The van der Waals surface area contributed by atoms with E-state index in [1.54, 1.807) is 0 Å². The van der Waals surface area contributed by atoms with Crippen molar-refractivity contribution in [2.75, 3.05) is 5.73 Å². The third-order valence-corrected chi connectivity index (χ3v) is 2.10. The maximum Gasteiger partial charge on any atom is 0.335 e. The second-order valence-electron chi connectivity index (χ2n) is 2.25. The van der Waals surface area contributed by atoms with Crippen molar-refractivity contribution in [1.82, 2.24) is 0 Å². The number of nitrogens with two attached hydrogens (primary N) is 1. The van der Waals surface area contributed by atoms with Crippen LogP contribution in [-0.2, 0) is 10.2 Å². The third-order valence-electron chi connectivity index (χ3n) is 1.28. The lowest BCUT2D eigenvalue weighted by molar-refractivity contribution is 0.478. The Hall–Kier alpha value is -1.24. The van der Waals surface area contributed by atoms with Crippen molar-refractivity contribution in [1.29, 1.82) is 0 Å². The van der Waals surface area contributed by atoms with Crippen LogP contribution in [0.3, 0.4) is 0 Å². The molecule has 13 heavy (non-hydrogen) atoms. The molecule has 0 fully saturated rings. The van der Waals surface area contributed by atoms with Gasteiger partial charge in [0.1, 0.15) is 4.90 Å². The largest absolute Gasteiger partial charge is 0.399 e. The van der Waals surface area contributed by atoms with Crippen molar-refractivity contribution in [3.63, 3.8) is 0 Å². The van der Waals surface area contributed by atoms with Crippen LogP contribution >= 0.6 is 0 Å². The van der Waals surface area contributed by atoms with Gasteiger partial charge in [0.2, 0.25) is 0 Å². The van der Waals surface area contributed by atoms with Crippen molar-refractivity contribution in [3.05, 3.63) is 23.8 Å². The predicted octanol–water partition coefficient (Wildman–Crippen LogP) is 1.21. The summed E-state index contributed by atoms with van der Waals surface area (Å²) in [6, 6.07) is 1.07. The summed E-state index contributed by atoms with van der Waals surface area (Å²) in [5, 5.41) is 0. The summed E-state index contributed by atoms with van der Waals surface area (Å²) in [5.74, 6) is -3.27. The number of anilines is 1. The number of benzene rings is 1. The van der Waals surface area contributed by atoms with Gasteiger partial charge >= 0.3 is 10.2 Å². The normalized spacial score (nSPS) is 11.6. The zero-order chi connectivity index (χ0) is 10.2. The van der Waals surface area contributed by atoms with E-state index in [1.165, 1.54) is 0 Å². The van der Waals surface area contributed by atoms with Gasteiger partial charge in [-0.05, 0) is 12.1 Å². The molecule has 0 unspecified atom stereocenters. The first kappa shape index (κ1) is 9.85. The molecule has 0 bridgehead atoms. The highest BCUT2D eigenvalue weighted by Crippen LogP contribution is 2.22. The molecule has 0 aliphatic rings. The number of nitrogen functional groups attached to an aromatic ring is 1. The van der Waals surface area contributed by atoms with Crippen molar-refractivity contribution in [3.8, 4) is 0 Å². The van der Waals surface area contributed by atoms with E-state index in [9.17, 15) is 21.1 Å². The molecule has 1 aromatic rings. The van der Waals surface area contributed by atoms with E-state index in [4.69, 9.17) is 5.73 Å². The first-order valence-electron chi connectivity index (χ1n) is 3.01. The van der Waals surface area contributed by atoms with Crippen LogP contribution in [0.25, 0.3) is 0 Å². The molecule has 0 saturated carbocycles. The van der Waals surface area contributed by atoms with E-state index in [2.05, 4.69) is 0 Å². The van der Waals surface area contributed by atoms with Gasteiger partial charge in [-0.1, -0.05) is 0 Å². The molecule has 0 aliphatic carbocycles. The minimum Gasteiger partial charge on any atom is -0.399 e. The second-order valence-corrected chi connectivity index (χ2v) is 3.57. The van der Waals surface area contributed by atoms with Gasteiger partial charge in [0.15, 0.2) is 11.6 Å². The zero-order valence-corrected chi connectivity index (χ0v) is 6.91. The Balaban J connectivity index is 3.56. The molecular weight excluding hydrogens is 207 g/mol. The molecule has 0 radical (unpaired) electrons. The molecule has 0 amide bonds. The Morgan fingerprint density at radius 2 is 1.77 bits per heavy atom. The fourth-order valence-corrected chi connectivity index (χ4v) is 1.35. The van der Waals surface area contributed by atoms with Gasteiger partial charge < -0.3 is 5.73 Å². The van der Waals surface area contributed by atoms with Crippen LogP contribution in [0.1, 0.15) is 0 Å². The Kier molecular flexibility index (Phi) is 2.21. The van der Waals surface area contributed by atoms with Crippen molar-refractivity contribution >= 4 is 15.9 Å². The quantitative estimate of drug-likeness (QED) is 0.561. The molecule has 0 spiro atoms. The smallest absolute Gasteiger partial charge is 0.335 e. The number of halogens is 3. The Morgan fingerprint density at radius 3 is 2.23 bits per heavy atom. The van der Waals surface area contributed by atoms with Crippen LogP contribution < -0.4 is 5.73 Å². The fraction of sp³-hybridized carbons (Fsp3) is 0. The minimum atomic E-state index is -5.27. The molecule has 0 saturated heterocycles. The molecule has 2 N–H and O–H groups in total. The van der Waals surface area contributed by atoms with E-state index in [-0.39, 0.29) is 5.69 Å². The first-order valence-corrected chi connectivity index (χ1v) is 4.40. The van der Waals surface area contributed by atoms with Crippen LogP contribution in [0.2, 0.25) is 0 Å². The Labute approximate surface area is 72.2 Å². The second kappa shape index (κ2) is 2.91. The van der Waals surface area contributed by atoms with Gasteiger partial charge in [-0.2, -0.15) is 8.42 Å². The highest BCUT2D eigenvalue weighted by Gasteiger charge is 2.21. The molecule has 0 atom stereocenters. The molecular formula is C6H4F3NO2S. The number of hydrogen-bond donors (Lipinski definition) is 1. The van der Waals surface area contributed by atoms with Crippen molar-refractivity contribution in [2.45, 2.75) is 4.90 Å². The van der Waals surface area contributed by atoms with Crippen LogP contribution in [0, 0.1) is 11.6 Å². The average molecular weight is 211 g/mol. The van der Waals surface area contributed by atoms with E-state index in [0.29, 0.717) is 12.1 Å². The van der Waals surface area contributed by atoms with Gasteiger partial charge in [0, 0.05) is 5.69 Å². The highest BCUT2D eigenvalue weighted by atomic mass is 32.3. The van der Waals surface area contributed by atoms with E-state index >= 15 is 0 Å². The zero-order valence-electron chi connectivity index (χ0n) is 6.09. The van der Waals surface area contributed by atoms with Gasteiger partial charge in [-0.15, -0.1) is 3.89 Å². The van der Waals surface area contributed by atoms with Crippen molar-refractivity contribution in [2.24, 2.45) is 0 Å². The van der Waals surface area contributed by atoms with Gasteiger partial charge in [-0.3, -0.25) is 0 Å². The average Bonchev–Trinajstić information content (AvgIpc) is 1.94. The standard InChI is InChI=1S/C6H4F3NO2S/c7-4-1-3(10)2-5(6(4)8)13(9,11)12/h1-2H,10H2. The number of hydrogen-bond acceptors (Lipinski definition) is 3. The monoisotopic (exact) mass is 211 g/mol. The highest BCUT2D eigenvalue weighted by molar-refractivity contribution is 7.86. The summed E-state index contributed by atoms with van der Waals surface area (Å²) in [5.41, 5.74) is 4.62. The molecule has 0 heterocycles. The summed E-state index contributed by atoms with van der Waals surface area (Å²) in [6.45, 7) is 0. The minimum absolute atomic E-state index is 0.366. The molecule has 72 valence electrons. The van der Waals surface area contributed by atoms with E-state index < -0.39 is 26.8 Å². The summed E-state index contributed by atoms with van der Waals surface area (Å²) >= 11 is 0. The Morgan fingerprint density at radius 1 is 1.23 bits per heavy atom. The summed E-state index contributed by atoms with van der Waals surface area (Å²) in [6.07, 6.45) is 0. The van der Waals surface area contributed by atoms with Crippen LogP contribution in [0.5, 0.6) is 0 Å². The maximum atomic E-state index is 12.6. The van der Waals surface area contributed by atoms with Gasteiger partial charge in [0.05, 0.1) is 0 Å². The lowest BCUT2D eigenvalue weighted by atomic mass is 10.3. The van der Waals surface area contributed by atoms with E-state index in [1.807, 2.05) is 0 Å². The van der Waals surface area contributed by atoms with Crippen LogP contribution in [0.15, 0.2) is 17.0 Å². The first-order chi connectivity index (χ1) is 5.82. The molecule has 0 aliphatic heterocycles. The maximum absolute atomic E-state index is 12.6. The SMILES string of the molecule is Nc1cc(F)c(F)c(S(=O)(=O)F)c1. The molecule has 1 aromatic carbocycles. The summed E-state index contributed by atoms with van der Waals surface area (Å²) < 4.78 is 57.8. The topological polar surface area (TPSA) is 60.2 Å². The predicted molar refractivity (Wildman–Crippen MR) is 39.1 cm³/mol. The molecule has 1 rings (SSSR count). The molecule has 7 heteroatoms. The van der Waals surface area contributed by atoms with Crippen LogP contribution in [-0.4, -0.2) is 8.42 Å². The van der Waals surface area contributed by atoms with Gasteiger partial charge in [0.25, 0.3) is 0 Å². The summed E-state index contributed by atoms with van der Waals surface area (Å²) in [7, 11) is -5.27. The van der Waals surface area contributed by atoms with Crippen molar-refractivity contribution < 1.29 is 21.1 Å². The lowest BCUT2D eigenvalue weighted by Gasteiger charge is -2.00. The van der Waals surface area contributed by atoms with E-state index in [0.717, 1.165) is 0 Å². The number of rotatable bonds is 1. The Bertz CT molecular complexity index is 443. The van der Waals surface area contributed by atoms with Gasteiger partial charge in [-0.25, -0.2) is 8.78 Å². The fourth-order valence-electron chi connectivity index (χ4n) is 0.761. The summed E-state index contributed by atoms with van der Waals surface area (Å²) in [4.78, 5) is -1.38.